The zero-order valence-electron chi connectivity index (χ0n) is 19.3. The fourth-order valence-electron chi connectivity index (χ4n) is 4.49. The predicted molar refractivity (Wildman–Crippen MR) is 130 cm³/mol. The van der Waals surface area contributed by atoms with Gasteiger partial charge in [0.1, 0.15) is 11.3 Å². The first kappa shape index (κ1) is 21.1. The maximum Gasteiger partial charge on any atom is 0.274 e. The van der Waals surface area contributed by atoms with E-state index in [9.17, 15) is 4.79 Å². The van der Waals surface area contributed by atoms with Crippen LogP contribution >= 0.6 is 0 Å². The van der Waals surface area contributed by atoms with Crippen LogP contribution in [0.25, 0.3) is 16.8 Å². The summed E-state index contributed by atoms with van der Waals surface area (Å²) in [6.45, 7) is 3.38. The molecule has 5 rings (SSSR count). The first-order valence-electron chi connectivity index (χ1n) is 11.3. The van der Waals surface area contributed by atoms with Crippen LogP contribution < -0.4 is 4.90 Å². The number of rotatable bonds is 4. The number of likely N-dealkylation sites (tertiary alicyclic amines) is 1. The molecule has 0 bridgehead atoms. The molecule has 1 saturated heterocycles. The van der Waals surface area contributed by atoms with Crippen molar-refractivity contribution in [2.45, 2.75) is 25.7 Å². The zero-order valence-corrected chi connectivity index (χ0v) is 19.3. The summed E-state index contributed by atoms with van der Waals surface area (Å²) < 4.78 is 1.91. The first-order valence-corrected chi connectivity index (χ1v) is 11.3. The van der Waals surface area contributed by atoms with Gasteiger partial charge >= 0.3 is 0 Å². The van der Waals surface area contributed by atoms with E-state index in [0.717, 1.165) is 47.4 Å². The molecule has 1 aliphatic rings. The third-order valence-corrected chi connectivity index (χ3v) is 6.22. The van der Waals surface area contributed by atoms with Crippen LogP contribution in [0.2, 0.25) is 0 Å². The molecule has 1 amide bonds. The van der Waals surface area contributed by atoms with Gasteiger partial charge in [-0.25, -0.2) is 15.0 Å². The predicted octanol–water partition coefficient (Wildman–Crippen LogP) is 4.19. The molecule has 1 aliphatic heterocycles. The molecule has 1 atom stereocenters. The van der Waals surface area contributed by atoms with Crippen molar-refractivity contribution in [2.75, 3.05) is 32.1 Å². The Labute approximate surface area is 193 Å². The van der Waals surface area contributed by atoms with E-state index in [1.54, 1.807) is 0 Å². The number of fused-ring (bicyclic) bond motifs is 1. The van der Waals surface area contributed by atoms with Crippen LogP contribution in [0.5, 0.6) is 0 Å². The topological polar surface area (TPSA) is 66.6 Å². The number of benzene rings is 1. The SMILES string of the molecule is Cc1ccn2cc(C(=O)N3CCC[C@@H](c4nc(N(C)C)ncc4-c4ccccc4)C3)nc2c1. The van der Waals surface area contributed by atoms with Crippen LogP contribution in [0.4, 0.5) is 5.95 Å². The van der Waals surface area contributed by atoms with Gasteiger partial charge in [0.15, 0.2) is 0 Å². The van der Waals surface area contributed by atoms with Crippen LogP contribution in [0.3, 0.4) is 0 Å². The highest BCUT2D eigenvalue weighted by Gasteiger charge is 2.29. The number of pyridine rings is 1. The molecular weight excluding hydrogens is 412 g/mol. The van der Waals surface area contributed by atoms with E-state index in [0.29, 0.717) is 18.2 Å². The van der Waals surface area contributed by atoms with Crippen molar-refractivity contribution < 1.29 is 4.79 Å². The van der Waals surface area contributed by atoms with Gasteiger partial charge < -0.3 is 14.2 Å². The molecule has 0 N–H and O–H groups in total. The van der Waals surface area contributed by atoms with Crippen molar-refractivity contribution in [3.05, 3.63) is 78.0 Å². The van der Waals surface area contributed by atoms with Crippen LogP contribution in [-0.2, 0) is 0 Å². The molecule has 0 spiro atoms. The second-order valence-electron chi connectivity index (χ2n) is 8.92. The fourth-order valence-corrected chi connectivity index (χ4v) is 4.49. The standard InChI is InChI=1S/C26H28N6O/c1-18-11-13-31-17-22(28-23(31)14-18)25(33)32-12-7-10-20(16-32)24-21(19-8-5-4-6-9-19)15-27-26(29-24)30(2)3/h4-6,8-9,11,13-15,17,20H,7,10,12,16H2,1-3H3/t20-/m1/s1. The molecular formula is C26H28N6O. The normalized spacial score (nSPS) is 16.2. The van der Waals surface area contributed by atoms with Crippen molar-refractivity contribution in [1.82, 2.24) is 24.3 Å². The Bertz CT molecular complexity index is 1300. The van der Waals surface area contributed by atoms with Gasteiger partial charge in [0.05, 0.1) is 5.69 Å². The second kappa shape index (κ2) is 8.65. The maximum atomic E-state index is 13.4. The van der Waals surface area contributed by atoms with E-state index < -0.39 is 0 Å². The summed E-state index contributed by atoms with van der Waals surface area (Å²) in [5.74, 6) is 0.798. The molecule has 4 aromatic rings. The van der Waals surface area contributed by atoms with Gasteiger partial charge in [-0.2, -0.15) is 0 Å². The fraction of sp³-hybridized carbons (Fsp3) is 0.308. The minimum absolute atomic E-state index is 0.0239. The van der Waals surface area contributed by atoms with Crippen LogP contribution in [0.1, 0.15) is 40.5 Å². The van der Waals surface area contributed by atoms with E-state index in [-0.39, 0.29) is 11.8 Å². The van der Waals surface area contributed by atoms with Gasteiger partial charge in [0.2, 0.25) is 5.95 Å². The first-order chi connectivity index (χ1) is 16.0. The van der Waals surface area contributed by atoms with Crippen molar-refractivity contribution in [3.63, 3.8) is 0 Å². The Morgan fingerprint density at radius 1 is 1.12 bits per heavy atom. The smallest absolute Gasteiger partial charge is 0.274 e. The van der Waals surface area contributed by atoms with E-state index in [2.05, 4.69) is 22.1 Å². The molecule has 3 aromatic heterocycles. The quantitative estimate of drug-likeness (QED) is 0.476. The molecule has 7 nitrogen and oxygen atoms in total. The summed E-state index contributed by atoms with van der Waals surface area (Å²) >= 11 is 0. The van der Waals surface area contributed by atoms with Gasteiger partial charge in [0, 0.05) is 57.3 Å². The summed E-state index contributed by atoms with van der Waals surface area (Å²) in [6.07, 6.45) is 7.60. The van der Waals surface area contributed by atoms with Crippen molar-refractivity contribution in [1.29, 1.82) is 0 Å². The maximum absolute atomic E-state index is 13.4. The Morgan fingerprint density at radius 2 is 1.94 bits per heavy atom. The van der Waals surface area contributed by atoms with Gasteiger partial charge in [-0.15, -0.1) is 0 Å². The second-order valence-corrected chi connectivity index (χ2v) is 8.92. The Kier molecular flexibility index (Phi) is 5.54. The lowest BCUT2D eigenvalue weighted by Crippen LogP contribution is -2.39. The van der Waals surface area contributed by atoms with E-state index in [1.807, 2.05) is 84.1 Å². The summed E-state index contributed by atoms with van der Waals surface area (Å²) in [6, 6.07) is 14.2. The summed E-state index contributed by atoms with van der Waals surface area (Å²) in [4.78, 5) is 31.3. The van der Waals surface area contributed by atoms with Gasteiger partial charge in [-0.05, 0) is 43.0 Å². The number of aromatic nitrogens is 4. The third kappa shape index (κ3) is 4.18. The molecule has 4 heterocycles. The van der Waals surface area contributed by atoms with Gasteiger partial charge in [0.25, 0.3) is 5.91 Å². The van der Waals surface area contributed by atoms with Crippen molar-refractivity contribution >= 4 is 17.5 Å². The number of carbonyl (C=O) groups excluding carboxylic acids is 1. The average Bonchev–Trinajstić information content (AvgIpc) is 3.27. The Morgan fingerprint density at radius 3 is 2.73 bits per heavy atom. The summed E-state index contributed by atoms with van der Waals surface area (Å²) in [5, 5.41) is 0. The molecule has 0 radical (unpaired) electrons. The van der Waals surface area contributed by atoms with Crippen LogP contribution in [0.15, 0.2) is 61.1 Å². The van der Waals surface area contributed by atoms with E-state index in [4.69, 9.17) is 4.98 Å². The number of carbonyl (C=O) groups is 1. The number of amides is 1. The molecule has 0 saturated carbocycles. The zero-order chi connectivity index (χ0) is 22.9. The number of imidazole rings is 1. The summed E-state index contributed by atoms with van der Waals surface area (Å²) in [7, 11) is 3.90. The Hall–Kier alpha value is -3.74. The number of hydrogen-bond acceptors (Lipinski definition) is 5. The monoisotopic (exact) mass is 440 g/mol. The Balaban J connectivity index is 1.46. The molecule has 0 aliphatic carbocycles. The number of anilines is 1. The lowest BCUT2D eigenvalue weighted by molar-refractivity contribution is 0.0701. The molecule has 0 unspecified atom stereocenters. The van der Waals surface area contributed by atoms with Crippen molar-refractivity contribution in [2.24, 2.45) is 0 Å². The number of nitrogens with zero attached hydrogens (tertiary/aromatic N) is 6. The molecule has 33 heavy (non-hydrogen) atoms. The van der Waals surface area contributed by atoms with Gasteiger partial charge in [-0.1, -0.05) is 30.3 Å². The third-order valence-electron chi connectivity index (χ3n) is 6.22. The molecule has 7 heteroatoms. The highest BCUT2D eigenvalue weighted by molar-refractivity contribution is 5.93. The minimum atomic E-state index is -0.0239. The lowest BCUT2D eigenvalue weighted by Gasteiger charge is -2.33. The number of hydrogen-bond donors (Lipinski definition) is 0. The largest absolute Gasteiger partial charge is 0.347 e. The minimum Gasteiger partial charge on any atom is -0.347 e. The number of piperidine rings is 1. The lowest BCUT2D eigenvalue weighted by atomic mass is 9.90. The van der Waals surface area contributed by atoms with E-state index >= 15 is 0 Å². The average molecular weight is 441 g/mol. The van der Waals surface area contributed by atoms with Crippen LogP contribution in [0, 0.1) is 6.92 Å². The van der Waals surface area contributed by atoms with Crippen LogP contribution in [-0.4, -0.2) is 57.3 Å². The summed E-state index contributed by atoms with van der Waals surface area (Å²) in [5.41, 5.74) is 5.54. The highest BCUT2D eigenvalue weighted by atomic mass is 16.2. The molecule has 1 aromatic carbocycles. The van der Waals surface area contributed by atoms with E-state index in [1.165, 1.54) is 0 Å². The van der Waals surface area contributed by atoms with Gasteiger partial charge in [-0.3, -0.25) is 4.79 Å². The molecule has 1 fully saturated rings. The van der Waals surface area contributed by atoms with Crippen molar-refractivity contribution in [3.8, 4) is 11.1 Å². The molecule has 168 valence electrons. The number of aryl methyl sites for hydroxylation is 1. The highest BCUT2D eigenvalue weighted by Crippen LogP contribution is 2.34.